The van der Waals surface area contributed by atoms with E-state index in [4.69, 9.17) is 21.4 Å². The number of nitrogens with zero attached hydrogens (tertiary/aromatic N) is 1. The van der Waals surface area contributed by atoms with Crippen molar-refractivity contribution in [3.05, 3.63) is 61.9 Å². The van der Waals surface area contributed by atoms with Crippen molar-refractivity contribution in [1.82, 2.24) is 5.32 Å². The molecule has 0 aliphatic carbocycles. The number of carboxylic acid groups (broad SMARTS) is 1. The SMILES string of the molecule is Cc1ccc(N=C2NC(=O)/C(=C\c3cc(Cl)c(OCC(=O)O)c(Br)c3)S2)cc1. The van der Waals surface area contributed by atoms with Crippen LogP contribution in [-0.2, 0) is 9.59 Å². The Kier molecular flexibility index (Phi) is 6.43. The molecule has 0 spiro atoms. The number of amidine groups is 1. The quantitative estimate of drug-likeness (QED) is 0.601. The second-order valence-electron chi connectivity index (χ2n) is 5.81. The number of carboxylic acids is 1. The van der Waals surface area contributed by atoms with Gasteiger partial charge in [-0.15, -0.1) is 0 Å². The molecule has 1 aliphatic rings. The van der Waals surface area contributed by atoms with Crippen LogP contribution in [0.5, 0.6) is 5.75 Å². The number of nitrogens with one attached hydrogen (secondary N) is 1. The highest BCUT2D eigenvalue weighted by atomic mass is 79.9. The van der Waals surface area contributed by atoms with Crippen LogP contribution in [0.15, 0.2) is 50.8 Å². The lowest BCUT2D eigenvalue weighted by atomic mass is 10.2. The Morgan fingerprint density at radius 3 is 2.71 bits per heavy atom. The number of halogens is 2. The van der Waals surface area contributed by atoms with Crippen molar-refractivity contribution in [3.63, 3.8) is 0 Å². The monoisotopic (exact) mass is 480 g/mol. The van der Waals surface area contributed by atoms with Crippen LogP contribution in [-0.4, -0.2) is 28.8 Å². The Morgan fingerprint density at radius 1 is 1.36 bits per heavy atom. The minimum Gasteiger partial charge on any atom is -0.479 e. The number of carbonyl (C=O) groups is 2. The summed E-state index contributed by atoms with van der Waals surface area (Å²) >= 11 is 10.7. The summed E-state index contributed by atoms with van der Waals surface area (Å²) in [5.74, 6) is -1.13. The molecule has 2 aromatic carbocycles. The second kappa shape index (κ2) is 8.81. The molecule has 1 saturated heterocycles. The first-order valence-corrected chi connectivity index (χ1v) is 10.0. The lowest BCUT2D eigenvalue weighted by Crippen LogP contribution is -2.19. The second-order valence-corrected chi connectivity index (χ2v) is 8.11. The molecule has 2 N–H and O–H groups in total. The number of aliphatic imine (C=N–C) groups is 1. The van der Waals surface area contributed by atoms with E-state index in [9.17, 15) is 9.59 Å². The maximum atomic E-state index is 12.2. The lowest BCUT2D eigenvalue weighted by Gasteiger charge is -2.09. The molecule has 3 rings (SSSR count). The number of carbonyl (C=O) groups excluding carboxylic acids is 1. The van der Waals surface area contributed by atoms with E-state index < -0.39 is 12.6 Å². The fraction of sp³-hybridized carbons (Fsp3) is 0.105. The van der Waals surface area contributed by atoms with E-state index in [1.807, 2.05) is 31.2 Å². The summed E-state index contributed by atoms with van der Waals surface area (Å²) in [5.41, 5.74) is 2.54. The molecule has 0 bridgehead atoms. The molecule has 28 heavy (non-hydrogen) atoms. The van der Waals surface area contributed by atoms with E-state index in [-0.39, 0.29) is 16.7 Å². The number of hydrogen-bond donors (Lipinski definition) is 2. The standard InChI is InChI=1S/C19H14BrClN2O4S/c1-10-2-4-12(5-3-10)22-19-23-18(26)15(28-19)8-11-6-13(20)17(14(21)7-11)27-9-16(24)25/h2-8H,9H2,1H3,(H,24,25)(H,22,23,26)/b15-8+. The molecular weight excluding hydrogens is 468 g/mol. The van der Waals surface area contributed by atoms with Crippen molar-refractivity contribution < 1.29 is 19.4 Å². The van der Waals surface area contributed by atoms with Gasteiger partial charge >= 0.3 is 5.97 Å². The Balaban J connectivity index is 1.80. The molecule has 1 amide bonds. The van der Waals surface area contributed by atoms with Gasteiger partial charge in [-0.25, -0.2) is 9.79 Å². The van der Waals surface area contributed by atoms with Crippen LogP contribution in [0.3, 0.4) is 0 Å². The van der Waals surface area contributed by atoms with Gasteiger partial charge in [-0.1, -0.05) is 29.3 Å². The summed E-state index contributed by atoms with van der Waals surface area (Å²) in [6.07, 6.45) is 1.68. The molecular formula is C19H14BrClN2O4S. The van der Waals surface area contributed by atoms with E-state index >= 15 is 0 Å². The van der Waals surface area contributed by atoms with Crippen LogP contribution in [0.25, 0.3) is 6.08 Å². The third-order valence-corrected chi connectivity index (χ3v) is 5.35. The predicted molar refractivity (Wildman–Crippen MR) is 114 cm³/mol. The number of aryl methyl sites for hydroxylation is 1. The number of hydrogen-bond acceptors (Lipinski definition) is 5. The first-order valence-electron chi connectivity index (χ1n) is 8.02. The molecule has 9 heteroatoms. The molecule has 0 unspecified atom stereocenters. The highest BCUT2D eigenvalue weighted by Gasteiger charge is 2.24. The maximum absolute atomic E-state index is 12.2. The smallest absolute Gasteiger partial charge is 0.341 e. The molecule has 1 heterocycles. The molecule has 0 aromatic heterocycles. The van der Waals surface area contributed by atoms with Crippen molar-refractivity contribution in [1.29, 1.82) is 0 Å². The Bertz CT molecular complexity index is 982. The van der Waals surface area contributed by atoms with Crippen LogP contribution in [0, 0.1) is 6.92 Å². The Labute approximate surface area is 178 Å². The summed E-state index contributed by atoms with van der Waals surface area (Å²) in [4.78, 5) is 27.8. The van der Waals surface area contributed by atoms with Crippen molar-refractivity contribution in [2.75, 3.05) is 6.61 Å². The van der Waals surface area contributed by atoms with Gasteiger partial charge in [-0.2, -0.15) is 0 Å². The minimum absolute atomic E-state index is 0.233. The Morgan fingerprint density at radius 2 is 2.07 bits per heavy atom. The molecule has 2 aromatic rings. The Hall–Kier alpha value is -2.29. The maximum Gasteiger partial charge on any atom is 0.341 e. The zero-order valence-corrected chi connectivity index (χ0v) is 17.7. The summed E-state index contributed by atoms with van der Waals surface area (Å²) < 4.78 is 5.66. The zero-order chi connectivity index (χ0) is 20.3. The highest BCUT2D eigenvalue weighted by molar-refractivity contribution is 9.10. The molecule has 1 fully saturated rings. The summed E-state index contributed by atoms with van der Waals surface area (Å²) in [6.45, 7) is 1.49. The number of benzene rings is 2. The minimum atomic E-state index is -1.10. The lowest BCUT2D eigenvalue weighted by molar-refractivity contribution is -0.139. The highest BCUT2D eigenvalue weighted by Crippen LogP contribution is 2.36. The van der Waals surface area contributed by atoms with Crippen molar-refractivity contribution in [2.24, 2.45) is 4.99 Å². The first kappa shape index (κ1) is 20.4. The number of amides is 1. The van der Waals surface area contributed by atoms with E-state index in [1.54, 1.807) is 18.2 Å². The summed E-state index contributed by atoms with van der Waals surface area (Å²) in [7, 11) is 0. The van der Waals surface area contributed by atoms with Gasteiger partial charge in [-0.3, -0.25) is 4.79 Å². The largest absolute Gasteiger partial charge is 0.479 e. The van der Waals surface area contributed by atoms with Crippen LogP contribution in [0.1, 0.15) is 11.1 Å². The predicted octanol–water partition coefficient (Wildman–Crippen LogP) is 4.77. The van der Waals surface area contributed by atoms with Crippen molar-refractivity contribution in [3.8, 4) is 5.75 Å². The van der Waals surface area contributed by atoms with E-state index in [1.165, 1.54) is 11.8 Å². The van der Waals surface area contributed by atoms with Crippen LogP contribution >= 0.6 is 39.3 Å². The number of thioether (sulfide) groups is 1. The van der Waals surface area contributed by atoms with Crippen LogP contribution in [0.4, 0.5) is 5.69 Å². The molecule has 0 radical (unpaired) electrons. The molecule has 1 aliphatic heterocycles. The third kappa shape index (κ3) is 5.15. The summed E-state index contributed by atoms with van der Waals surface area (Å²) in [5, 5.41) is 12.2. The molecule has 144 valence electrons. The topological polar surface area (TPSA) is 88.0 Å². The molecule has 0 atom stereocenters. The van der Waals surface area contributed by atoms with Gasteiger partial charge in [0.2, 0.25) is 0 Å². The molecule has 6 nitrogen and oxygen atoms in total. The molecule has 0 saturated carbocycles. The number of rotatable bonds is 5. The average Bonchev–Trinajstić information content (AvgIpc) is 2.95. The van der Waals surface area contributed by atoms with Gasteiger partial charge < -0.3 is 15.2 Å². The fourth-order valence-corrected chi connectivity index (χ4v) is 4.13. The zero-order valence-electron chi connectivity index (χ0n) is 14.5. The van der Waals surface area contributed by atoms with E-state index in [0.717, 1.165) is 11.3 Å². The van der Waals surface area contributed by atoms with Gasteiger partial charge in [-0.05, 0) is 70.5 Å². The third-order valence-electron chi connectivity index (χ3n) is 3.57. The van der Waals surface area contributed by atoms with Crippen LogP contribution < -0.4 is 10.1 Å². The fourth-order valence-electron chi connectivity index (χ4n) is 2.30. The number of ether oxygens (including phenoxy) is 1. The van der Waals surface area contributed by atoms with Crippen molar-refractivity contribution in [2.45, 2.75) is 6.92 Å². The van der Waals surface area contributed by atoms with Gasteiger partial charge in [0.25, 0.3) is 5.91 Å². The van der Waals surface area contributed by atoms with E-state index in [2.05, 4.69) is 26.2 Å². The van der Waals surface area contributed by atoms with Crippen LogP contribution in [0.2, 0.25) is 5.02 Å². The van der Waals surface area contributed by atoms with Gasteiger partial charge in [0.15, 0.2) is 17.5 Å². The summed E-state index contributed by atoms with van der Waals surface area (Å²) in [6, 6.07) is 10.9. The van der Waals surface area contributed by atoms with Gasteiger partial charge in [0, 0.05) is 0 Å². The normalized spacial score (nSPS) is 16.5. The van der Waals surface area contributed by atoms with E-state index in [0.29, 0.717) is 20.1 Å². The van der Waals surface area contributed by atoms with Gasteiger partial charge in [0.05, 0.1) is 20.1 Å². The number of aliphatic carboxylic acids is 1. The van der Waals surface area contributed by atoms with Crippen molar-refractivity contribution >= 4 is 68.1 Å². The average molecular weight is 482 g/mol. The first-order chi connectivity index (χ1) is 13.3. The van der Waals surface area contributed by atoms with Gasteiger partial charge in [0.1, 0.15) is 0 Å².